The van der Waals surface area contributed by atoms with Crippen molar-refractivity contribution in [3.8, 4) is 6.07 Å². The van der Waals surface area contributed by atoms with Crippen molar-refractivity contribution in [1.29, 1.82) is 5.26 Å². The molecule has 0 unspecified atom stereocenters. The standard InChI is InChI=1S/C20H29N3O2/c1-15(2)20(3,14-21)22-19(25)13-23(11-12-24)18-10-6-8-16-7-4-5-9-17(16)18/h4-5,7,9,15,18,24H,6,8,10-13H2,1-3H3,(H,22,25)/t18-,20-/m0/s1. The Balaban J connectivity index is 2.14. The Hall–Kier alpha value is -1.90. The Morgan fingerprint density at radius 1 is 1.48 bits per heavy atom. The van der Waals surface area contributed by atoms with Crippen LogP contribution >= 0.6 is 0 Å². The molecule has 5 heteroatoms. The van der Waals surface area contributed by atoms with Gasteiger partial charge in [-0.15, -0.1) is 0 Å². The number of nitrogens with zero attached hydrogens (tertiary/aromatic N) is 2. The van der Waals surface area contributed by atoms with Crippen molar-refractivity contribution in [3.05, 3.63) is 35.4 Å². The second-order valence-corrected chi connectivity index (χ2v) is 7.32. The molecule has 0 saturated heterocycles. The van der Waals surface area contributed by atoms with E-state index in [0.717, 1.165) is 19.3 Å². The highest BCUT2D eigenvalue weighted by Gasteiger charge is 2.32. The van der Waals surface area contributed by atoms with Crippen molar-refractivity contribution in [2.75, 3.05) is 19.7 Å². The first-order chi connectivity index (χ1) is 11.9. The van der Waals surface area contributed by atoms with Gasteiger partial charge in [-0.25, -0.2) is 0 Å². The highest BCUT2D eigenvalue weighted by molar-refractivity contribution is 5.79. The number of aliphatic hydroxyl groups is 1. The van der Waals surface area contributed by atoms with Crippen molar-refractivity contribution in [1.82, 2.24) is 10.2 Å². The van der Waals surface area contributed by atoms with Crippen LogP contribution in [-0.4, -0.2) is 41.1 Å². The summed E-state index contributed by atoms with van der Waals surface area (Å²) in [6.45, 7) is 6.23. The maximum Gasteiger partial charge on any atom is 0.235 e. The second kappa shape index (κ2) is 8.46. The zero-order valence-electron chi connectivity index (χ0n) is 15.5. The van der Waals surface area contributed by atoms with Gasteiger partial charge in [0, 0.05) is 12.6 Å². The number of hydrogen-bond donors (Lipinski definition) is 2. The van der Waals surface area contributed by atoms with Gasteiger partial charge in [-0.2, -0.15) is 5.26 Å². The van der Waals surface area contributed by atoms with Gasteiger partial charge in [-0.1, -0.05) is 38.1 Å². The highest BCUT2D eigenvalue weighted by atomic mass is 16.3. The van der Waals surface area contributed by atoms with Gasteiger partial charge < -0.3 is 10.4 Å². The number of nitriles is 1. The molecule has 1 aliphatic carbocycles. The summed E-state index contributed by atoms with van der Waals surface area (Å²) >= 11 is 0. The van der Waals surface area contributed by atoms with Crippen molar-refractivity contribution >= 4 is 5.91 Å². The summed E-state index contributed by atoms with van der Waals surface area (Å²) in [5.41, 5.74) is 1.69. The van der Waals surface area contributed by atoms with E-state index in [-0.39, 0.29) is 31.0 Å². The molecule has 2 rings (SSSR count). The summed E-state index contributed by atoms with van der Waals surface area (Å²) in [5, 5.41) is 21.7. The SMILES string of the molecule is CC(C)[C@](C)(C#N)NC(=O)CN(CCO)[C@H]1CCCc2ccccc21. The number of carbonyl (C=O) groups is 1. The van der Waals surface area contributed by atoms with E-state index < -0.39 is 5.54 Å². The minimum absolute atomic E-state index is 0.00560. The van der Waals surface area contributed by atoms with Gasteiger partial charge in [0.05, 0.1) is 19.2 Å². The fourth-order valence-electron chi connectivity index (χ4n) is 3.40. The van der Waals surface area contributed by atoms with Gasteiger partial charge in [-0.05, 0) is 43.2 Å². The lowest BCUT2D eigenvalue weighted by Gasteiger charge is -2.36. The van der Waals surface area contributed by atoms with Gasteiger partial charge in [0.15, 0.2) is 0 Å². The minimum atomic E-state index is -0.882. The molecule has 0 saturated carbocycles. The van der Waals surface area contributed by atoms with Crippen LogP contribution in [0, 0.1) is 17.2 Å². The zero-order chi connectivity index (χ0) is 18.4. The van der Waals surface area contributed by atoms with Crippen LogP contribution in [0.25, 0.3) is 0 Å². The molecule has 0 aliphatic heterocycles. The Labute approximate surface area is 150 Å². The maximum atomic E-state index is 12.6. The second-order valence-electron chi connectivity index (χ2n) is 7.32. The molecule has 0 radical (unpaired) electrons. The molecule has 5 nitrogen and oxygen atoms in total. The summed E-state index contributed by atoms with van der Waals surface area (Å²) in [4.78, 5) is 14.6. The first-order valence-electron chi connectivity index (χ1n) is 9.06. The Kier molecular flexibility index (Phi) is 6.57. The number of aryl methyl sites for hydroxylation is 1. The van der Waals surface area contributed by atoms with Crippen LogP contribution in [0.3, 0.4) is 0 Å². The fraction of sp³-hybridized carbons (Fsp3) is 0.600. The number of rotatable bonds is 7. The van der Waals surface area contributed by atoms with Gasteiger partial charge in [-0.3, -0.25) is 9.69 Å². The topological polar surface area (TPSA) is 76.4 Å². The summed E-state index contributed by atoms with van der Waals surface area (Å²) in [6.07, 6.45) is 3.11. The zero-order valence-corrected chi connectivity index (χ0v) is 15.5. The number of hydrogen-bond acceptors (Lipinski definition) is 4. The average Bonchev–Trinajstić information content (AvgIpc) is 2.60. The van der Waals surface area contributed by atoms with Gasteiger partial charge in [0.25, 0.3) is 0 Å². The number of fused-ring (bicyclic) bond motifs is 1. The third-order valence-electron chi connectivity index (χ3n) is 5.30. The fourth-order valence-corrected chi connectivity index (χ4v) is 3.40. The normalized spacial score (nSPS) is 19.2. The van der Waals surface area contributed by atoms with Crippen LogP contribution in [0.4, 0.5) is 0 Å². The molecular formula is C20H29N3O2. The van der Waals surface area contributed by atoms with Crippen LogP contribution in [0.2, 0.25) is 0 Å². The quantitative estimate of drug-likeness (QED) is 0.797. The number of amides is 1. The molecular weight excluding hydrogens is 314 g/mol. The summed E-state index contributed by atoms with van der Waals surface area (Å²) in [7, 11) is 0. The molecule has 136 valence electrons. The van der Waals surface area contributed by atoms with E-state index in [4.69, 9.17) is 0 Å². The summed E-state index contributed by atoms with van der Waals surface area (Å²) < 4.78 is 0. The third-order valence-corrected chi connectivity index (χ3v) is 5.30. The van der Waals surface area contributed by atoms with Crippen LogP contribution in [0.5, 0.6) is 0 Å². The molecule has 25 heavy (non-hydrogen) atoms. The monoisotopic (exact) mass is 343 g/mol. The highest BCUT2D eigenvalue weighted by Crippen LogP contribution is 2.34. The first kappa shape index (κ1) is 19.4. The Morgan fingerprint density at radius 2 is 2.20 bits per heavy atom. The van der Waals surface area contributed by atoms with Crippen molar-refractivity contribution in [3.63, 3.8) is 0 Å². The molecule has 1 aliphatic rings. The molecule has 0 aromatic heterocycles. The van der Waals surface area contributed by atoms with Crippen LogP contribution in [-0.2, 0) is 11.2 Å². The first-order valence-corrected chi connectivity index (χ1v) is 9.06. The van der Waals surface area contributed by atoms with E-state index in [9.17, 15) is 15.2 Å². The maximum absolute atomic E-state index is 12.6. The lowest BCUT2D eigenvalue weighted by atomic mass is 9.86. The molecule has 0 fully saturated rings. The van der Waals surface area contributed by atoms with Crippen LogP contribution in [0.15, 0.2) is 24.3 Å². The van der Waals surface area contributed by atoms with Crippen LogP contribution < -0.4 is 5.32 Å². The smallest absolute Gasteiger partial charge is 0.235 e. The molecule has 2 N–H and O–H groups in total. The summed E-state index contributed by atoms with van der Waals surface area (Å²) in [5.74, 6) is -0.155. The molecule has 1 aromatic carbocycles. The molecule has 0 bridgehead atoms. The lowest BCUT2D eigenvalue weighted by molar-refractivity contribution is -0.124. The van der Waals surface area contributed by atoms with Crippen molar-refractivity contribution < 1.29 is 9.90 Å². The predicted molar refractivity (Wildman–Crippen MR) is 97.8 cm³/mol. The van der Waals surface area contributed by atoms with Crippen molar-refractivity contribution in [2.24, 2.45) is 5.92 Å². The summed E-state index contributed by atoms with van der Waals surface area (Å²) in [6, 6.07) is 10.7. The Bertz CT molecular complexity index is 638. The van der Waals surface area contributed by atoms with E-state index in [1.54, 1.807) is 6.92 Å². The number of nitrogens with one attached hydrogen (secondary N) is 1. The van der Waals surface area contributed by atoms with E-state index in [2.05, 4.69) is 23.5 Å². The van der Waals surface area contributed by atoms with Crippen LogP contribution in [0.1, 0.15) is 50.8 Å². The minimum Gasteiger partial charge on any atom is -0.395 e. The average molecular weight is 343 g/mol. The molecule has 2 atom stereocenters. The molecule has 1 aromatic rings. The van der Waals surface area contributed by atoms with E-state index >= 15 is 0 Å². The van der Waals surface area contributed by atoms with Gasteiger partial charge >= 0.3 is 0 Å². The van der Waals surface area contributed by atoms with E-state index in [1.807, 2.05) is 30.9 Å². The molecule has 1 amide bonds. The molecule has 0 heterocycles. The molecule has 0 spiro atoms. The van der Waals surface area contributed by atoms with Gasteiger partial charge in [0.2, 0.25) is 5.91 Å². The Morgan fingerprint density at radius 3 is 2.84 bits per heavy atom. The van der Waals surface area contributed by atoms with E-state index in [1.165, 1.54) is 11.1 Å². The van der Waals surface area contributed by atoms with E-state index in [0.29, 0.717) is 6.54 Å². The van der Waals surface area contributed by atoms with Crippen molar-refractivity contribution in [2.45, 2.75) is 51.6 Å². The largest absolute Gasteiger partial charge is 0.395 e. The lowest BCUT2D eigenvalue weighted by Crippen LogP contribution is -2.52. The number of aliphatic hydroxyl groups excluding tert-OH is 1. The number of carbonyl (C=O) groups excluding carboxylic acids is 1. The van der Waals surface area contributed by atoms with Gasteiger partial charge in [0.1, 0.15) is 5.54 Å². The predicted octanol–water partition coefficient (Wildman–Crippen LogP) is 2.41. The number of benzene rings is 1. The third kappa shape index (κ3) is 4.59.